The van der Waals surface area contributed by atoms with Gasteiger partial charge in [0.25, 0.3) is 5.56 Å². The van der Waals surface area contributed by atoms with E-state index in [-0.39, 0.29) is 11.5 Å². The van der Waals surface area contributed by atoms with Crippen LogP contribution in [0.25, 0.3) is 0 Å². The van der Waals surface area contributed by atoms with Crippen molar-refractivity contribution >= 4 is 17.5 Å². The van der Waals surface area contributed by atoms with Crippen LogP contribution in [0.4, 0.5) is 5.95 Å². The Kier molecular flexibility index (Phi) is 4.79. The fourth-order valence-electron chi connectivity index (χ4n) is 3.13. The molecule has 1 aromatic carbocycles. The van der Waals surface area contributed by atoms with E-state index in [2.05, 4.69) is 19.9 Å². The second-order valence-electron chi connectivity index (χ2n) is 6.36. The second kappa shape index (κ2) is 7.38. The highest BCUT2D eigenvalue weighted by molar-refractivity contribution is 6.30. The first-order valence-corrected chi connectivity index (χ1v) is 8.93. The summed E-state index contributed by atoms with van der Waals surface area (Å²) in [6, 6.07) is 11.0. The first-order chi connectivity index (χ1) is 13.1. The van der Waals surface area contributed by atoms with Crippen LogP contribution >= 0.6 is 11.6 Å². The van der Waals surface area contributed by atoms with Gasteiger partial charge in [-0.3, -0.25) is 14.7 Å². The number of nitrogens with zero attached hydrogens (tertiary/aromatic N) is 3. The third-order valence-corrected chi connectivity index (χ3v) is 4.69. The Balaban J connectivity index is 1.53. The van der Waals surface area contributed by atoms with Gasteiger partial charge in [-0.2, -0.15) is 0 Å². The molecule has 0 aliphatic carbocycles. The number of nitrogens with one attached hydrogen (secondary N) is 1. The van der Waals surface area contributed by atoms with E-state index in [4.69, 9.17) is 22.1 Å². The Labute approximate surface area is 160 Å². The molecule has 0 saturated heterocycles. The van der Waals surface area contributed by atoms with Crippen LogP contribution < -0.4 is 16.0 Å². The van der Waals surface area contributed by atoms with E-state index in [0.29, 0.717) is 41.7 Å². The molecule has 1 aliphatic heterocycles. The molecule has 0 radical (unpaired) electrons. The van der Waals surface area contributed by atoms with Gasteiger partial charge in [0.1, 0.15) is 5.75 Å². The zero-order valence-corrected chi connectivity index (χ0v) is 15.2. The van der Waals surface area contributed by atoms with Gasteiger partial charge in [-0.15, -0.1) is 0 Å². The van der Waals surface area contributed by atoms with Crippen LogP contribution in [0.2, 0.25) is 5.02 Å². The summed E-state index contributed by atoms with van der Waals surface area (Å²) in [6.07, 6.45) is 2.37. The smallest absolute Gasteiger partial charge is 0.257 e. The van der Waals surface area contributed by atoms with Gasteiger partial charge in [-0.1, -0.05) is 17.7 Å². The molecule has 7 nitrogen and oxygen atoms in total. The third-order valence-electron chi connectivity index (χ3n) is 4.44. The van der Waals surface area contributed by atoms with Crippen molar-refractivity contribution in [3.63, 3.8) is 0 Å². The maximum Gasteiger partial charge on any atom is 0.257 e. The Bertz CT molecular complexity index is 1020. The van der Waals surface area contributed by atoms with Crippen LogP contribution in [-0.4, -0.2) is 26.4 Å². The van der Waals surface area contributed by atoms with Crippen LogP contribution in [0.15, 0.2) is 47.4 Å². The Hall–Kier alpha value is -2.90. The molecule has 3 heterocycles. The Morgan fingerprint density at radius 1 is 1.26 bits per heavy atom. The minimum atomic E-state index is -0.175. The lowest BCUT2D eigenvalue weighted by molar-refractivity contribution is 0.238. The first-order valence-electron chi connectivity index (χ1n) is 8.56. The number of pyridine rings is 1. The molecule has 0 amide bonds. The first kappa shape index (κ1) is 17.5. The Morgan fingerprint density at radius 3 is 2.89 bits per heavy atom. The van der Waals surface area contributed by atoms with Crippen molar-refractivity contribution in [2.45, 2.75) is 19.5 Å². The fourth-order valence-corrected chi connectivity index (χ4v) is 3.25. The van der Waals surface area contributed by atoms with Crippen molar-refractivity contribution in [1.29, 1.82) is 0 Å². The molecule has 0 fully saturated rings. The predicted molar refractivity (Wildman–Crippen MR) is 103 cm³/mol. The molecule has 0 spiro atoms. The van der Waals surface area contributed by atoms with Crippen LogP contribution in [-0.2, 0) is 19.5 Å². The molecular formula is C19H18ClN5O2. The molecule has 3 N–H and O–H groups in total. The summed E-state index contributed by atoms with van der Waals surface area (Å²) in [5.74, 6) is 1.37. The summed E-state index contributed by atoms with van der Waals surface area (Å²) >= 11 is 5.92. The zero-order valence-electron chi connectivity index (χ0n) is 14.5. The van der Waals surface area contributed by atoms with Gasteiger partial charge in [0.05, 0.1) is 11.3 Å². The summed E-state index contributed by atoms with van der Waals surface area (Å²) in [7, 11) is 0. The molecule has 0 atom stereocenters. The number of nitrogens with two attached hydrogens (primary N) is 1. The standard InChI is InChI=1S/C19H18ClN5O2/c20-13-3-5-14(6-4-13)27-18-12(2-1-8-22-18)10-25-9-7-16-15(11-25)17(26)24-19(21)23-16/h1-6,8H,7,9-11H2,(H3,21,23,24,26). The minimum Gasteiger partial charge on any atom is -0.439 e. The second-order valence-corrected chi connectivity index (χ2v) is 6.80. The number of fused-ring (bicyclic) bond motifs is 1. The average molecular weight is 384 g/mol. The number of nitrogen functional groups attached to an aromatic ring is 1. The van der Waals surface area contributed by atoms with Gasteiger partial charge in [0.15, 0.2) is 0 Å². The number of ether oxygens (including phenoxy) is 1. The molecule has 3 aromatic rings. The monoisotopic (exact) mass is 383 g/mol. The van der Waals surface area contributed by atoms with Gasteiger partial charge in [-0.05, 0) is 30.3 Å². The van der Waals surface area contributed by atoms with E-state index in [1.54, 1.807) is 30.5 Å². The highest BCUT2D eigenvalue weighted by Gasteiger charge is 2.22. The number of hydrogen-bond acceptors (Lipinski definition) is 6. The van der Waals surface area contributed by atoms with Crippen molar-refractivity contribution < 1.29 is 4.74 Å². The number of anilines is 1. The minimum absolute atomic E-state index is 0.165. The topological polar surface area (TPSA) is 97.1 Å². The number of hydrogen-bond donors (Lipinski definition) is 2. The fraction of sp³-hybridized carbons (Fsp3) is 0.211. The van der Waals surface area contributed by atoms with Crippen LogP contribution in [0.5, 0.6) is 11.6 Å². The van der Waals surface area contributed by atoms with Gasteiger partial charge >= 0.3 is 0 Å². The SMILES string of the molecule is Nc1nc2c(c(=O)[nH]1)CN(Cc1cccnc1Oc1ccc(Cl)cc1)CC2. The van der Waals surface area contributed by atoms with Crippen molar-refractivity contribution in [3.05, 3.63) is 74.8 Å². The molecule has 1 aliphatic rings. The third kappa shape index (κ3) is 3.94. The highest BCUT2D eigenvalue weighted by atomic mass is 35.5. The van der Waals surface area contributed by atoms with Crippen molar-refractivity contribution in [3.8, 4) is 11.6 Å². The number of rotatable bonds is 4. The lowest BCUT2D eigenvalue weighted by atomic mass is 10.1. The van der Waals surface area contributed by atoms with Crippen LogP contribution in [0.1, 0.15) is 16.8 Å². The predicted octanol–water partition coefficient (Wildman–Crippen LogP) is 2.75. The molecule has 27 heavy (non-hydrogen) atoms. The van der Waals surface area contributed by atoms with Gasteiger partial charge < -0.3 is 10.5 Å². The van der Waals surface area contributed by atoms with Gasteiger partial charge in [0, 0.05) is 42.8 Å². The van der Waals surface area contributed by atoms with E-state index >= 15 is 0 Å². The van der Waals surface area contributed by atoms with Crippen molar-refractivity contribution in [1.82, 2.24) is 19.9 Å². The van der Waals surface area contributed by atoms with E-state index in [9.17, 15) is 4.79 Å². The molecule has 0 bridgehead atoms. The summed E-state index contributed by atoms with van der Waals surface area (Å²) in [4.78, 5) is 25.5. The lowest BCUT2D eigenvalue weighted by Crippen LogP contribution is -2.35. The van der Waals surface area contributed by atoms with Crippen LogP contribution in [0, 0.1) is 0 Å². The number of benzene rings is 1. The number of H-pyrrole nitrogens is 1. The maximum atomic E-state index is 12.2. The number of halogens is 1. The molecule has 0 saturated carbocycles. The summed E-state index contributed by atoms with van der Waals surface area (Å²) < 4.78 is 5.92. The molecule has 2 aromatic heterocycles. The lowest BCUT2D eigenvalue weighted by Gasteiger charge is -2.27. The largest absolute Gasteiger partial charge is 0.439 e. The van der Waals surface area contributed by atoms with Gasteiger partial charge in [0.2, 0.25) is 11.8 Å². The highest BCUT2D eigenvalue weighted by Crippen LogP contribution is 2.26. The summed E-state index contributed by atoms with van der Waals surface area (Å²) in [5.41, 5.74) is 7.84. The summed E-state index contributed by atoms with van der Waals surface area (Å²) in [6.45, 7) is 1.89. The van der Waals surface area contributed by atoms with Gasteiger partial charge in [-0.25, -0.2) is 9.97 Å². The number of aromatic amines is 1. The van der Waals surface area contributed by atoms with Crippen LogP contribution in [0.3, 0.4) is 0 Å². The molecule has 0 unspecified atom stereocenters. The van der Waals surface area contributed by atoms with Crippen molar-refractivity contribution in [2.24, 2.45) is 0 Å². The molecule has 8 heteroatoms. The average Bonchev–Trinajstić information content (AvgIpc) is 2.65. The van der Waals surface area contributed by atoms with E-state index in [1.807, 2.05) is 12.1 Å². The van der Waals surface area contributed by atoms with Crippen molar-refractivity contribution in [2.75, 3.05) is 12.3 Å². The van der Waals surface area contributed by atoms with E-state index < -0.39 is 0 Å². The normalized spacial score (nSPS) is 14.0. The number of aromatic nitrogens is 3. The van der Waals surface area contributed by atoms with E-state index in [1.165, 1.54) is 0 Å². The molecule has 138 valence electrons. The maximum absolute atomic E-state index is 12.2. The Morgan fingerprint density at radius 2 is 2.07 bits per heavy atom. The quantitative estimate of drug-likeness (QED) is 0.719. The zero-order chi connectivity index (χ0) is 18.8. The van der Waals surface area contributed by atoms with E-state index in [0.717, 1.165) is 17.8 Å². The molecular weight excluding hydrogens is 366 g/mol. The summed E-state index contributed by atoms with van der Waals surface area (Å²) in [5, 5.41) is 0.648. The molecule has 4 rings (SSSR count).